The van der Waals surface area contributed by atoms with Crippen LogP contribution >= 0.6 is 0 Å². The van der Waals surface area contributed by atoms with Gasteiger partial charge in [-0.1, -0.05) is 67.5 Å². The minimum absolute atomic E-state index is 0.157. The molecule has 1 saturated heterocycles. The molecule has 0 spiro atoms. The van der Waals surface area contributed by atoms with Gasteiger partial charge in [0.25, 0.3) is 0 Å². The Balaban J connectivity index is 1.69. The van der Waals surface area contributed by atoms with Gasteiger partial charge in [-0.2, -0.15) is 0 Å². The predicted molar refractivity (Wildman–Crippen MR) is 189 cm³/mol. The van der Waals surface area contributed by atoms with Crippen molar-refractivity contribution in [2.75, 3.05) is 27.2 Å². The SMILES string of the molecule is C/C(=C\C(=O)N(C)[C@H](CC1=Cc2ccccc2CC1C)C(=O)N(C)[C@H](CC1=CC(C)C(F)C=C1)C(=O)N1CCC(O)CC1)CC(C)(C)N. The van der Waals surface area contributed by atoms with E-state index in [1.54, 1.807) is 38.1 Å². The van der Waals surface area contributed by atoms with Gasteiger partial charge in [0.2, 0.25) is 17.7 Å². The van der Waals surface area contributed by atoms with Crippen molar-refractivity contribution in [1.29, 1.82) is 0 Å². The Labute approximate surface area is 286 Å². The molecular formula is C39H55FN4O4. The molecule has 3 N–H and O–H groups in total. The Hall–Kier alpha value is -3.56. The molecule has 0 aromatic heterocycles. The molecule has 0 bridgehead atoms. The summed E-state index contributed by atoms with van der Waals surface area (Å²) in [6.07, 6.45) is 9.98. The van der Waals surface area contributed by atoms with E-state index in [0.29, 0.717) is 38.8 Å². The molecule has 0 radical (unpaired) electrons. The number of aliphatic hydroxyl groups is 1. The number of hydrogen-bond donors (Lipinski definition) is 2. The van der Waals surface area contributed by atoms with Crippen molar-refractivity contribution in [2.24, 2.45) is 17.6 Å². The van der Waals surface area contributed by atoms with Crippen LogP contribution in [-0.2, 0) is 20.8 Å². The van der Waals surface area contributed by atoms with E-state index in [0.717, 1.165) is 28.7 Å². The lowest BCUT2D eigenvalue weighted by Crippen LogP contribution is -2.56. The number of benzene rings is 1. The zero-order valence-electron chi connectivity index (χ0n) is 29.8. The third kappa shape index (κ3) is 9.53. The average molecular weight is 663 g/mol. The summed E-state index contributed by atoms with van der Waals surface area (Å²) in [5, 5.41) is 10.1. The van der Waals surface area contributed by atoms with E-state index in [2.05, 4.69) is 25.1 Å². The first-order valence-corrected chi connectivity index (χ1v) is 17.3. The van der Waals surface area contributed by atoms with E-state index in [1.807, 2.05) is 39.0 Å². The van der Waals surface area contributed by atoms with E-state index in [9.17, 15) is 23.9 Å². The van der Waals surface area contributed by atoms with Gasteiger partial charge in [-0.25, -0.2) is 4.39 Å². The number of rotatable bonds is 11. The number of fused-ring (bicyclic) bond motifs is 1. The number of hydrogen-bond acceptors (Lipinski definition) is 5. The molecule has 1 aromatic rings. The first-order chi connectivity index (χ1) is 22.5. The Bertz CT molecular complexity index is 1470. The highest BCUT2D eigenvalue weighted by atomic mass is 19.1. The molecule has 0 saturated carbocycles. The zero-order chi connectivity index (χ0) is 35.3. The number of alkyl halides is 1. The molecule has 48 heavy (non-hydrogen) atoms. The van der Waals surface area contributed by atoms with E-state index in [4.69, 9.17) is 5.73 Å². The van der Waals surface area contributed by atoms with E-state index < -0.39 is 29.9 Å². The summed E-state index contributed by atoms with van der Waals surface area (Å²) in [5.41, 5.74) is 10.8. The number of amides is 3. The molecule has 262 valence electrons. The molecule has 9 heteroatoms. The van der Waals surface area contributed by atoms with Crippen LogP contribution in [0.5, 0.6) is 0 Å². The van der Waals surface area contributed by atoms with Crippen molar-refractivity contribution < 1.29 is 23.9 Å². The van der Waals surface area contributed by atoms with Crippen LogP contribution in [0.2, 0.25) is 0 Å². The maximum atomic E-state index is 14.7. The summed E-state index contributed by atoms with van der Waals surface area (Å²) in [5.74, 6) is -1.05. The molecule has 3 aliphatic rings. The fourth-order valence-corrected chi connectivity index (χ4v) is 7.08. The predicted octanol–water partition coefficient (Wildman–Crippen LogP) is 5.22. The van der Waals surface area contributed by atoms with Crippen molar-refractivity contribution in [1.82, 2.24) is 14.7 Å². The summed E-state index contributed by atoms with van der Waals surface area (Å²) in [6.45, 7) is 10.4. The highest BCUT2D eigenvalue weighted by Gasteiger charge is 2.38. The molecular weight excluding hydrogens is 607 g/mol. The van der Waals surface area contributed by atoms with Crippen molar-refractivity contribution in [3.8, 4) is 0 Å². The van der Waals surface area contributed by atoms with E-state index in [1.165, 1.54) is 21.4 Å². The summed E-state index contributed by atoms with van der Waals surface area (Å²) in [4.78, 5) is 47.3. The highest BCUT2D eigenvalue weighted by Crippen LogP contribution is 2.33. The Morgan fingerprint density at radius 3 is 2.40 bits per heavy atom. The smallest absolute Gasteiger partial charge is 0.246 e. The number of nitrogens with zero attached hydrogens (tertiary/aromatic N) is 3. The molecule has 2 aliphatic carbocycles. The average Bonchev–Trinajstić information content (AvgIpc) is 3.02. The molecule has 1 heterocycles. The van der Waals surface area contributed by atoms with Crippen LogP contribution in [-0.4, -0.2) is 94.6 Å². The number of carbonyl (C=O) groups excluding carboxylic acids is 3. The second-order valence-electron chi connectivity index (χ2n) is 15.0. The monoisotopic (exact) mass is 662 g/mol. The number of nitrogens with two attached hydrogens (primary N) is 1. The third-order valence-corrected chi connectivity index (χ3v) is 9.97. The number of halogens is 1. The third-order valence-electron chi connectivity index (χ3n) is 9.97. The first-order valence-electron chi connectivity index (χ1n) is 17.3. The van der Waals surface area contributed by atoms with Gasteiger partial charge in [-0.05, 0) is 81.6 Å². The molecule has 1 aliphatic heterocycles. The van der Waals surface area contributed by atoms with Crippen molar-refractivity contribution in [3.63, 3.8) is 0 Å². The number of allylic oxidation sites excluding steroid dienone is 3. The van der Waals surface area contributed by atoms with Crippen LogP contribution in [0.3, 0.4) is 0 Å². The van der Waals surface area contributed by atoms with Crippen LogP contribution in [0, 0.1) is 11.8 Å². The Morgan fingerprint density at radius 2 is 1.75 bits per heavy atom. The van der Waals surface area contributed by atoms with Gasteiger partial charge in [-0.15, -0.1) is 0 Å². The van der Waals surface area contributed by atoms with Crippen LogP contribution in [0.15, 0.2) is 65.3 Å². The zero-order valence-corrected chi connectivity index (χ0v) is 29.8. The quantitative estimate of drug-likeness (QED) is 0.316. The fourth-order valence-electron chi connectivity index (χ4n) is 7.08. The molecule has 1 aromatic carbocycles. The van der Waals surface area contributed by atoms with Crippen molar-refractivity contribution in [3.05, 3.63) is 76.4 Å². The molecule has 5 atom stereocenters. The molecule has 1 fully saturated rings. The molecule has 3 unspecified atom stereocenters. The summed E-state index contributed by atoms with van der Waals surface area (Å²) in [7, 11) is 3.28. The van der Waals surface area contributed by atoms with Gasteiger partial charge in [-0.3, -0.25) is 14.4 Å². The maximum Gasteiger partial charge on any atom is 0.246 e. The second kappa shape index (κ2) is 15.8. The molecule has 4 rings (SSSR count). The molecule has 3 amide bonds. The van der Waals surface area contributed by atoms with Crippen LogP contribution in [0.4, 0.5) is 4.39 Å². The lowest BCUT2D eigenvalue weighted by Gasteiger charge is -2.39. The van der Waals surface area contributed by atoms with Crippen LogP contribution in [0.1, 0.15) is 77.8 Å². The molecule has 8 nitrogen and oxygen atoms in total. The normalized spacial score (nSPS) is 23.1. The van der Waals surface area contributed by atoms with E-state index >= 15 is 0 Å². The van der Waals surface area contributed by atoms with Crippen LogP contribution < -0.4 is 5.73 Å². The van der Waals surface area contributed by atoms with Crippen molar-refractivity contribution in [2.45, 2.75) is 103 Å². The number of piperidine rings is 1. The fraction of sp³-hybridized carbons (Fsp3) is 0.564. The Morgan fingerprint density at radius 1 is 1.08 bits per heavy atom. The van der Waals surface area contributed by atoms with Crippen molar-refractivity contribution >= 4 is 23.8 Å². The summed E-state index contributed by atoms with van der Waals surface area (Å²) >= 11 is 0. The van der Waals surface area contributed by atoms with Gasteiger partial charge < -0.3 is 25.5 Å². The lowest BCUT2D eigenvalue weighted by molar-refractivity contribution is -0.150. The standard InChI is InChI=1S/C39H55FN4O4/c1-25(24-39(4,5)41)18-36(46)42(6)35(23-31-22-30-11-9-8-10-29(30)20-26(31)2)37(47)43(7)34(21-28-12-13-33(40)27(3)19-28)38(48)44-16-14-32(45)15-17-44/h8-13,18-19,22,26-27,32-35,45H,14-17,20-21,23-24,41H2,1-7H3/b25-18+/t26?,27?,33?,34-,35-/m1/s1. The van der Waals surface area contributed by atoms with Gasteiger partial charge in [0, 0.05) is 51.1 Å². The highest BCUT2D eigenvalue weighted by molar-refractivity contribution is 5.95. The number of likely N-dealkylation sites (tertiary alicyclic amines) is 1. The topological polar surface area (TPSA) is 107 Å². The lowest BCUT2D eigenvalue weighted by atomic mass is 9.81. The largest absolute Gasteiger partial charge is 0.393 e. The minimum Gasteiger partial charge on any atom is -0.393 e. The maximum absolute atomic E-state index is 14.7. The van der Waals surface area contributed by atoms with Gasteiger partial charge in [0.1, 0.15) is 18.3 Å². The van der Waals surface area contributed by atoms with E-state index in [-0.39, 0.29) is 36.0 Å². The summed E-state index contributed by atoms with van der Waals surface area (Å²) in [6, 6.07) is 6.47. The second-order valence-corrected chi connectivity index (χ2v) is 15.0. The number of likely N-dealkylation sites (N-methyl/N-ethyl adjacent to an activating group) is 2. The number of aliphatic hydroxyl groups excluding tert-OH is 1. The van der Waals surface area contributed by atoms with Gasteiger partial charge in [0.15, 0.2) is 0 Å². The summed E-state index contributed by atoms with van der Waals surface area (Å²) < 4.78 is 14.3. The van der Waals surface area contributed by atoms with Gasteiger partial charge >= 0.3 is 0 Å². The first kappa shape index (κ1) is 37.3. The Kier molecular flexibility index (Phi) is 12.2. The minimum atomic E-state index is -1.10. The number of carbonyl (C=O) groups is 3. The van der Waals surface area contributed by atoms with Crippen LogP contribution in [0.25, 0.3) is 6.08 Å². The van der Waals surface area contributed by atoms with Gasteiger partial charge in [0.05, 0.1) is 6.10 Å².